The number of rotatable bonds is 6. The predicted octanol–water partition coefficient (Wildman–Crippen LogP) is -0.0413. The van der Waals surface area contributed by atoms with Crippen LogP contribution in [0, 0.1) is 0 Å². The number of aromatic hydroxyl groups is 1. The Balaban J connectivity index is 1.43. The number of nitrogen functional groups attached to an aromatic ring is 1. The Hall–Kier alpha value is -2.99. The zero-order valence-corrected chi connectivity index (χ0v) is 15.5. The van der Waals surface area contributed by atoms with E-state index in [2.05, 4.69) is 15.0 Å². The average molecular weight is 403 g/mol. The van der Waals surface area contributed by atoms with Gasteiger partial charge in [0.2, 0.25) is 0 Å². The van der Waals surface area contributed by atoms with Gasteiger partial charge in [-0.3, -0.25) is 4.57 Å². The van der Waals surface area contributed by atoms with Crippen molar-refractivity contribution in [1.82, 2.24) is 19.5 Å². The molecule has 11 heteroatoms. The first kappa shape index (κ1) is 19.3. The van der Waals surface area contributed by atoms with E-state index in [4.69, 9.17) is 19.9 Å². The van der Waals surface area contributed by atoms with Crippen molar-refractivity contribution >= 4 is 17.0 Å². The molecule has 1 saturated heterocycles. The number of methoxy groups -OCH3 is 1. The van der Waals surface area contributed by atoms with E-state index in [1.54, 1.807) is 12.1 Å². The fourth-order valence-corrected chi connectivity index (χ4v) is 3.26. The Morgan fingerprint density at radius 3 is 2.83 bits per heavy atom. The number of hydrogen-bond acceptors (Lipinski definition) is 10. The van der Waals surface area contributed by atoms with Crippen molar-refractivity contribution in [2.75, 3.05) is 19.5 Å². The molecule has 0 saturated carbocycles. The molecule has 3 aromatic rings. The number of anilines is 1. The van der Waals surface area contributed by atoms with Gasteiger partial charge in [-0.05, 0) is 17.7 Å². The molecule has 11 nitrogen and oxygen atoms in total. The van der Waals surface area contributed by atoms with Gasteiger partial charge in [-0.2, -0.15) is 0 Å². The van der Waals surface area contributed by atoms with Gasteiger partial charge in [0.1, 0.15) is 30.2 Å². The zero-order chi connectivity index (χ0) is 20.5. The van der Waals surface area contributed by atoms with E-state index in [1.807, 2.05) is 0 Å². The molecule has 0 radical (unpaired) electrons. The van der Waals surface area contributed by atoms with Crippen LogP contribution in [0.2, 0.25) is 0 Å². The highest BCUT2D eigenvalue weighted by Gasteiger charge is 2.44. The fraction of sp³-hybridized carbons (Fsp3) is 0.389. The summed E-state index contributed by atoms with van der Waals surface area (Å²) in [6.45, 7) is 0.253. The summed E-state index contributed by atoms with van der Waals surface area (Å²) in [4.78, 5) is 12.2. The Morgan fingerprint density at radius 2 is 2.03 bits per heavy atom. The Morgan fingerprint density at radius 1 is 1.21 bits per heavy atom. The largest absolute Gasteiger partial charge is 0.504 e. The maximum Gasteiger partial charge on any atom is 0.167 e. The molecule has 4 atom stereocenters. The monoisotopic (exact) mass is 403 g/mol. The van der Waals surface area contributed by atoms with Gasteiger partial charge < -0.3 is 35.3 Å². The quantitative estimate of drug-likeness (QED) is 0.440. The highest BCUT2D eigenvalue weighted by Crippen LogP contribution is 2.32. The van der Waals surface area contributed by atoms with Gasteiger partial charge in [0, 0.05) is 0 Å². The number of fused-ring (bicyclic) bond motifs is 1. The van der Waals surface area contributed by atoms with Crippen LogP contribution < -0.4 is 10.5 Å². The van der Waals surface area contributed by atoms with Crippen LogP contribution in [0.3, 0.4) is 0 Å². The number of hydrogen-bond donors (Lipinski definition) is 4. The second-order valence-electron chi connectivity index (χ2n) is 6.65. The summed E-state index contributed by atoms with van der Waals surface area (Å²) in [5, 5.41) is 30.5. The van der Waals surface area contributed by atoms with Gasteiger partial charge in [0.15, 0.2) is 29.2 Å². The molecule has 5 N–H and O–H groups in total. The molecule has 154 valence electrons. The van der Waals surface area contributed by atoms with E-state index in [0.717, 1.165) is 5.56 Å². The summed E-state index contributed by atoms with van der Waals surface area (Å²) < 4.78 is 18.0. The van der Waals surface area contributed by atoms with Crippen LogP contribution in [0.1, 0.15) is 11.8 Å². The lowest BCUT2D eigenvalue weighted by Gasteiger charge is -2.16. The van der Waals surface area contributed by atoms with Gasteiger partial charge in [-0.15, -0.1) is 0 Å². The normalized spacial score (nSPS) is 24.2. The molecule has 0 amide bonds. The van der Waals surface area contributed by atoms with E-state index in [9.17, 15) is 15.3 Å². The molecular weight excluding hydrogens is 382 g/mol. The van der Waals surface area contributed by atoms with E-state index in [0.29, 0.717) is 16.9 Å². The van der Waals surface area contributed by atoms with Crippen molar-refractivity contribution in [2.24, 2.45) is 0 Å². The molecule has 1 fully saturated rings. The van der Waals surface area contributed by atoms with E-state index >= 15 is 0 Å². The van der Waals surface area contributed by atoms with Crippen LogP contribution in [-0.2, 0) is 16.1 Å². The highest BCUT2D eigenvalue weighted by molar-refractivity contribution is 5.81. The highest BCUT2D eigenvalue weighted by atomic mass is 16.6. The number of benzene rings is 1. The van der Waals surface area contributed by atoms with Crippen LogP contribution in [0.25, 0.3) is 11.2 Å². The number of nitrogens with two attached hydrogens (primary N) is 1. The number of ether oxygens (including phenoxy) is 3. The minimum Gasteiger partial charge on any atom is -0.504 e. The molecule has 4 rings (SSSR count). The van der Waals surface area contributed by atoms with Crippen molar-refractivity contribution in [3.8, 4) is 11.5 Å². The van der Waals surface area contributed by atoms with Crippen molar-refractivity contribution in [1.29, 1.82) is 0 Å². The second-order valence-corrected chi connectivity index (χ2v) is 6.65. The van der Waals surface area contributed by atoms with Gasteiger partial charge >= 0.3 is 0 Å². The van der Waals surface area contributed by atoms with Crippen LogP contribution in [-0.4, -0.2) is 66.9 Å². The van der Waals surface area contributed by atoms with Crippen LogP contribution in [0.15, 0.2) is 30.9 Å². The zero-order valence-electron chi connectivity index (χ0n) is 15.5. The standard InChI is InChI=1S/C18H21N5O6/c1-27-11-4-9(2-3-10(11)24)5-28-6-12-14(25)15(26)18(29-12)23-8-22-13-16(19)20-7-21-17(13)23/h2-4,7-8,12,14-15,18,24-26H,5-6H2,1H3,(H2,19,20,21)/t12-,14-,15-,18-/m1/s1. The van der Waals surface area contributed by atoms with Crippen molar-refractivity contribution in [3.05, 3.63) is 36.4 Å². The third kappa shape index (κ3) is 3.56. The topological polar surface area (TPSA) is 158 Å². The molecule has 3 heterocycles. The minimum atomic E-state index is -1.20. The number of imidazole rings is 1. The number of aliphatic hydroxyl groups is 2. The summed E-state index contributed by atoms with van der Waals surface area (Å²) in [6.07, 6.45) is -1.29. The first-order valence-electron chi connectivity index (χ1n) is 8.88. The minimum absolute atomic E-state index is 0.0359. The first-order valence-corrected chi connectivity index (χ1v) is 8.88. The van der Waals surface area contributed by atoms with Crippen LogP contribution in [0.4, 0.5) is 5.82 Å². The summed E-state index contributed by atoms with van der Waals surface area (Å²) in [5.41, 5.74) is 7.34. The van der Waals surface area contributed by atoms with Crippen molar-refractivity contribution in [2.45, 2.75) is 31.1 Å². The number of aromatic nitrogens is 4. The number of phenols is 1. The smallest absolute Gasteiger partial charge is 0.167 e. The van der Waals surface area contributed by atoms with Gasteiger partial charge in [0.05, 0.1) is 26.7 Å². The SMILES string of the molecule is COc1cc(COC[C@H]2O[C@@H](n3cnc4c(N)ncnc43)[C@H](O)[C@@H]2O)ccc1O. The van der Waals surface area contributed by atoms with Crippen molar-refractivity contribution < 1.29 is 29.5 Å². The Kier molecular flexibility index (Phi) is 5.20. The lowest BCUT2D eigenvalue weighted by molar-refractivity contribution is -0.0682. The summed E-state index contributed by atoms with van der Waals surface area (Å²) >= 11 is 0. The summed E-state index contributed by atoms with van der Waals surface area (Å²) in [7, 11) is 1.46. The second kappa shape index (κ2) is 7.79. The van der Waals surface area contributed by atoms with Gasteiger partial charge in [-0.25, -0.2) is 15.0 Å². The molecule has 1 aromatic carbocycles. The lowest BCUT2D eigenvalue weighted by atomic mass is 10.1. The fourth-order valence-electron chi connectivity index (χ4n) is 3.26. The van der Waals surface area contributed by atoms with Crippen LogP contribution in [0.5, 0.6) is 11.5 Å². The average Bonchev–Trinajstić information content (AvgIpc) is 3.26. The summed E-state index contributed by atoms with van der Waals surface area (Å²) in [6, 6.07) is 4.86. The molecule has 2 aromatic heterocycles. The first-order chi connectivity index (χ1) is 14.0. The van der Waals surface area contributed by atoms with Crippen LogP contribution >= 0.6 is 0 Å². The molecule has 0 bridgehead atoms. The molecule has 29 heavy (non-hydrogen) atoms. The maximum atomic E-state index is 10.4. The number of nitrogens with zero attached hydrogens (tertiary/aromatic N) is 4. The Bertz CT molecular complexity index is 1010. The van der Waals surface area contributed by atoms with E-state index in [-0.39, 0.29) is 24.8 Å². The molecule has 0 aliphatic carbocycles. The molecule has 1 aliphatic heterocycles. The molecular formula is C18H21N5O6. The van der Waals surface area contributed by atoms with Gasteiger partial charge in [-0.1, -0.05) is 6.07 Å². The molecule has 0 spiro atoms. The maximum absolute atomic E-state index is 10.4. The van der Waals surface area contributed by atoms with Gasteiger partial charge in [0.25, 0.3) is 0 Å². The van der Waals surface area contributed by atoms with Crippen molar-refractivity contribution in [3.63, 3.8) is 0 Å². The molecule has 0 unspecified atom stereocenters. The lowest BCUT2D eigenvalue weighted by Crippen LogP contribution is -2.33. The number of aliphatic hydroxyl groups excluding tert-OH is 2. The summed E-state index contributed by atoms with van der Waals surface area (Å²) in [5.74, 6) is 0.590. The third-order valence-electron chi connectivity index (χ3n) is 4.79. The van der Waals surface area contributed by atoms with E-state index in [1.165, 1.54) is 30.4 Å². The van der Waals surface area contributed by atoms with E-state index < -0.39 is 24.5 Å². The molecule has 1 aliphatic rings. The third-order valence-corrected chi connectivity index (χ3v) is 4.79. The number of phenolic OH excluding ortho intramolecular Hbond substituents is 1. The predicted molar refractivity (Wildman–Crippen MR) is 100.0 cm³/mol. The Labute approximate surface area is 165 Å².